The summed E-state index contributed by atoms with van der Waals surface area (Å²) in [6, 6.07) is 11.6. The minimum atomic E-state index is -0.874. The molecule has 0 radical (unpaired) electrons. The van der Waals surface area contributed by atoms with Gasteiger partial charge in [0.25, 0.3) is 0 Å². The molecule has 0 spiro atoms. The van der Waals surface area contributed by atoms with Crippen molar-refractivity contribution < 1.29 is 18.3 Å². The van der Waals surface area contributed by atoms with E-state index < -0.39 is 23.4 Å². The van der Waals surface area contributed by atoms with Gasteiger partial charge in [-0.2, -0.15) is 9.97 Å². The quantitative estimate of drug-likeness (QED) is 0.691. The number of para-hydroxylation sites is 2. The largest absolute Gasteiger partial charge is 0.424 e. The number of halogens is 2. The van der Waals surface area contributed by atoms with Crippen molar-refractivity contribution in [2.45, 2.75) is 13.8 Å². The summed E-state index contributed by atoms with van der Waals surface area (Å²) in [5, 5.41) is 4.66. The summed E-state index contributed by atoms with van der Waals surface area (Å²) in [5.74, 6) is -1.17. The molecule has 0 saturated heterocycles. The Bertz CT molecular complexity index is 937. The highest BCUT2D eigenvalue weighted by molar-refractivity contribution is 6.00. The predicted molar refractivity (Wildman–Crippen MR) is 97.0 cm³/mol. The molecule has 1 heterocycles. The normalized spacial score (nSPS) is 10.4. The number of nitrogens with zero attached hydrogens (tertiary/aromatic N) is 2. The molecule has 8 heteroatoms. The van der Waals surface area contributed by atoms with Crippen LogP contribution in [0.5, 0.6) is 11.8 Å². The van der Waals surface area contributed by atoms with Gasteiger partial charge in [-0.15, -0.1) is 0 Å². The second-order valence-electron chi connectivity index (χ2n) is 5.64. The Labute approximate surface area is 154 Å². The number of aryl methyl sites for hydroxylation is 2. The number of hydrogen-bond acceptors (Lipinski definition) is 4. The highest BCUT2D eigenvalue weighted by Gasteiger charge is 2.16. The molecule has 2 amide bonds. The first kappa shape index (κ1) is 18.2. The molecule has 2 aromatic carbocycles. The number of carbonyl (C=O) groups is 1. The first-order valence-corrected chi connectivity index (χ1v) is 8.04. The average Bonchev–Trinajstić information content (AvgIpc) is 2.62. The maximum absolute atomic E-state index is 13.6. The van der Waals surface area contributed by atoms with E-state index in [4.69, 9.17) is 4.74 Å². The summed E-state index contributed by atoms with van der Waals surface area (Å²) < 4.78 is 32.9. The third-order valence-corrected chi connectivity index (χ3v) is 3.64. The number of hydrogen-bond donors (Lipinski definition) is 2. The van der Waals surface area contributed by atoms with Gasteiger partial charge >= 0.3 is 12.0 Å². The van der Waals surface area contributed by atoms with Crippen molar-refractivity contribution in [2.24, 2.45) is 0 Å². The summed E-state index contributed by atoms with van der Waals surface area (Å²) in [4.78, 5) is 20.5. The van der Waals surface area contributed by atoms with Gasteiger partial charge in [-0.3, -0.25) is 0 Å². The molecule has 138 valence electrons. The fourth-order valence-electron chi connectivity index (χ4n) is 2.38. The first-order valence-electron chi connectivity index (χ1n) is 8.04. The molecular formula is C19H16F2N4O2. The summed E-state index contributed by atoms with van der Waals surface area (Å²) in [6.07, 6.45) is 0. The zero-order chi connectivity index (χ0) is 19.4. The molecular weight excluding hydrogens is 354 g/mol. The van der Waals surface area contributed by atoms with Crippen LogP contribution in [0.2, 0.25) is 0 Å². The summed E-state index contributed by atoms with van der Waals surface area (Å²) in [5.41, 5.74) is 0.676. The SMILES string of the molecule is Cc1nc(Oc2ccccc2)nc(C)c1NC(=O)Nc1c(F)cccc1F. The van der Waals surface area contributed by atoms with Gasteiger partial charge in [0, 0.05) is 0 Å². The number of amides is 2. The van der Waals surface area contributed by atoms with E-state index in [0.29, 0.717) is 22.8 Å². The second-order valence-corrected chi connectivity index (χ2v) is 5.64. The predicted octanol–water partition coefficient (Wildman–Crippen LogP) is 4.81. The van der Waals surface area contributed by atoms with E-state index in [0.717, 1.165) is 12.1 Å². The van der Waals surface area contributed by atoms with Crippen LogP contribution >= 0.6 is 0 Å². The fraction of sp³-hybridized carbons (Fsp3) is 0.105. The third-order valence-electron chi connectivity index (χ3n) is 3.64. The van der Waals surface area contributed by atoms with Crippen LogP contribution in [0.15, 0.2) is 48.5 Å². The molecule has 3 aromatic rings. The summed E-state index contributed by atoms with van der Waals surface area (Å²) in [7, 11) is 0. The molecule has 0 aliphatic rings. The van der Waals surface area contributed by atoms with Crippen molar-refractivity contribution in [3.8, 4) is 11.8 Å². The van der Waals surface area contributed by atoms with Crippen molar-refractivity contribution >= 4 is 17.4 Å². The molecule has 0 saturated carbocycles. The van der Waals surface area contributed by atoms with Crippen LogP contribution in [0.25, 0.3) is 0 Å². The molecule has 0 atom stereocenters. The lowest BCUT2D eigenvalue weighted by molar-refractivity contribution is 0.262. The van der Waals surface area contributed by atoms with Gasteiger partial charge in [0.1, 0.15) is 23.1 Å². The third kappa shape index (κ3) is 4.35. The highest BCUT2D eigenvalue weighted by atomic mass is 19.1. The lowest BCUT2D eigenvalue weighted by Crippen LogP contribution is -2.22. The lowest BCUT2D eigenvalue weighted by Gasteiger charge is -2.13. The molecule has 6 nitrogen and oxygen atoms in total. The maximum Gasteiger partial charge on any atom is 0.323 e. The Hall–Kier alpha value is -3.55. The topological polar surface area (TPSA) is 76.1 Å². The van der Waals surface area contributed by atoms with E-state index in [1.807, 2.05) is 18.2 Å². The first-order chi connectivity index (χ1) is 12.9. The Balaban J connectivity index is 1.76. The summed E-state index contributed by atoms with van der Waals surface area (Å²) in [6.45, 7) is 3.32. The summed E-state index contributed by atoms with van der Waals surface area (Å²) >= 11 is 0. The van der Waals surface area contributed by atoms with Gasteiger partial charge in [-0.25, -0.2) is 13.6 Å². The monoisotopic (exact) mass is 370 g/mol. The van der Waals surface area contributed by atoms with E-state index in [-0.39, 0.29) is 6.01 Å². The van der Waals surface area contributed by atoms with Crippen LogP contribution in [0.3, 0.4) is 0 Å². The van der Waals surface area contributed by atoms with E-state index >= 15 is 0 Å². The van der Waals surface area contributed by atoms with Crippen LogP contribution in [0, 0.1) is 25.5 Å². The number of carbonyl (C=O) groups excluding carboxylic acids is 1. The van der Waals surface area contributed by atoms with Gasteiger partial charge in [0.05, 0.1) is 17.1 Å². The number of anilines is 2. The van der Waals surface area contributed by atoms with Crippen LogP contribution in [0.1, 0.15) is 11.4 Å². The number of ether oxygens (including phenoxy) is 1. The van der Waals surface area contributed by atoms with Gasteiger partial charge in [-0.1, -0.05) is 24.3 Å². The minimum Gasteiger partial charge on any atom is -0.424 e. The van der Waals surface area contributed by atoms with Crippen molar-refractivity contribution in [2.75, 3.05) is 10.6 Å². The Morgan fingerprint density at radius 1 is 0.852 bits per heavy atom. The van der Waals surface area contributed by atoms with Crippen molar-refractivity contribution in [3.05, 3.63) is 71.6 Å². The van der Waals surface area contributed by atoms with Gasteiger partial charge in [0.15, 0.2) is 0 Å². The zero-order valence-electron chi connectivity index (χ0n) is 14.6. The van der Waals surface area contributed by atoms with E-state index in [1.165, 1.54) is 6.07 Å². The molecule has 27 heavy (non-hydrogen) atoms. The molecule has 0 aliphatic heterocycles. The standard InChI is InChI=1S/C19H16F2N4O2/c1-11-16(24-18(26)25-17-14(20)9-6-10-15(17)21)12(2)23-19(22-11)27-13-7-4-3-5-8-13/h3-10H,1-2H3,(H2,24,25,26). The number of urea groups is 1. The zero-order valence-corrected chi connectivity index (χ0v) is 14.6. The molecule has 0 fully saturated rings. The second kappa shape index (κ2) is 7.77. The smallest absolute Gasteiger partial charge is 0.323 e. The Kier molecular flexibility index (Phi) is 5.25. The molecule has 0 unspecified atom stereocenters. The Morgan fingerprint density at radius 2 is 1.41 bits per heavy atom. The minimum absolute atomic E-state index is 0.127. The number of rotatable bonds is 4. The van der Waals surface area contributed by atoms with E-state index in [2.05, 4.69) is 20.6 Å². The van der Waals surface area contributed by atoms with Gasteiger partial charge < -0.3 is 15.4 Å². The molecule has 0 bridgehead atoms. The fourth-order valence-corrected chi connectivity index (χ4v) is 2.38. The van der Waals surface area contributed by atoms with Gasteiger partial charge in [-0.05, 0) is 38.1 Å². The van der Waals surface area contributed by atoms with Gasteiger partial charge in [0.2, 0.25) is 0 Å². The molecule has 3 rings (SSSR count). The lowest BCUT2D eigenvalue weighted by atomic mass is 10.3. The number of aromatic nitrogens is 2. The van der Waals surface area contributed by atoms with Crippen LogP contribution < -0.4 is 15.4 Å². The molecule has 0 aliphatic carbocycles. The van der Waals surface area contributed by atoms with E-state index in [9.17, 15) is 13.6 Å². The Morgan fingerprint density at radius 3 is 2.00 bits per heavy atom. The highest BCUT2D eigenvalue weighted by Crippen LogP contribution is 2.24. The van der Waals surface area contributed by atoms with E-state index in [1.54, 1.807) is 26.0 Å². The molecule has 2 N–H and O–H groups in total. The van der Waals surface area contributed by atoms with Crippen molar-refractivity contribution in [1.82, 2.24) is 9.97 Å². The van der Waals surface area contributed by atoms with Crippen molar-refractivity contribution in [1.29, 1.82) is 0 Å². The average molecular weight is 370 g/mol. The van der Waals surface area contributed by atoms with Crippen LogP contribution in [-0.4, -0.2) is 16.0 Å². The number of benzene rings is 2. The number of nitrogens with one attached hydrogen (secondary N) is 2. The maximum atomic E-state index is 13.6. The van der Waals surface area contributed by atoms with Crippen LogP contribution in [0.4, 0.5) is 25.0 Å². The van der Waals surface area contributed by atoms with Crippen molar-refractivity contribution in [3.63, 3.8) is 0 Å². The van der Waals surface area contributed by atoms with Crippen LogP contribution in [-0.2, 0) is 0 Å². The molecule has 1 aromatic heterocycles.